The normalized spacial score (nSPS) is 16.5. The Hall–Kier alpha value is -1.58. The predicted octanol–water partition coefficient (Wildman–Crippen LogP) is 3.60. The largest absolute Gasteiger partial charge is 0.381 e. The van der Waals surface area contributed by atoms with Gasteiger partial charge in [0.1, 0.15) is 0 Å². The minimum absolute atomic E-state index is 0.0410. The molecule has 1 fully saturated rings. The van der Waals surface area contributed by atoms with E-state index >= 15 is 0 Å². The summed E-state index contributed by atoms with van der Waals surface area (Å²) in [5, 5.41) is 6.47. The molecule has 4 nitrogen and oxygen atoms in total. The van der Waals surface area contributed by atoms with Crippen molar-refractivity contribution in [1.29, 1.82) is 0 Å². The molecule has 0 saturated heterocycles. The average molecular weight is 289 g/mol. The van der Waals surface area contributed by atoms with E-state index in [1.54, 1.807) is 6.20 Å². The first-order chi connectivity index (χ1) is 10.1. The second-order valence-electron chi connectivity index (χ2n) is 6.40. The number of hydrogen-bond acceptors (Lipinski definition) is 3. The maximum Gasteiger partial charge on any atom is 0.252 e. The molecule has 4 heteroatoms. The van der Waals surface area contributed by atoms with E-state index in [-0.39, 0.29) is 5.91 Å². The summed E-state index contributed by atoms with van der Waals surface area (Å²) in [5.74, 6) is 0.412. The minimum Gasteiger partial charge on any atom is -0.381 e. The predicted molar refractivity (Wildman–Crippen MR) is 86.5 cm³/mol. The van der Waals surface area contributed by atoms with Gasteiger partial charge < -0.3 is 10.6 Å². The SMILES string of the molecule is CC(C)CNC(=O)c1cncc(NC2CCCCCC2)c1. The summed E-state index contributed by atoms with van der Waals surface area (Å²) in [7, 11) is 0. The number of carbonyl (C=O) groups excluding carboxylic acids is 1. The number of amides is 1. The lowest BCUT2D eigenvalue weighted by Crippen LogP contribution is -2.27. The standard InChI is InChI=1S/C17H27N3O/c1-13(2)10-19-17(21)14-9-16(12-18-11-14)20-15-7-5-3-4-6-8-15/h9,11-13,15,20H,3-8,10H2,1-2H3,(H,19,21). The van der Waals surface area contributed by atoms with E-state index in [9.17, 15) is 4.79 Å². The summed E-state index contributed by atoms with van der Waals surface area (Å²) in [6.07, 6.45) is 11.1. The van der Waals surface area contributed by atoms with Crippen molar-refractivity contribution in [2.75, 3.05) is 11.9 Å². The van der Waals surface area contributed by atoms with Crippen molar-refractivity contribution in [2.24, 2.45) is 5.92 Å². The maximum atomic E-state index is 12.1. The van der Waals surface area contributed by atoms with Crippen molar-refractivity contribution in [3.05, 3.63) is 24.0 Å². The van der Waals surface area contributed by atoms with Gasteiger partial charge in [0.15, 0.2) is 0 Å². The quantitative estimate of drug-likeness (QED) is 0.814. The maximum absolute atomic E-state index is 12.1. The van der Waals surface area contributed by atoms with E-state index in [1.807, 2.05) is 12.3 Å². The van der Waals surface area contributed by atoms with E-state index < -0.39 is 0 Å². The molecule has 0 spiro atoms. The summed E-state index contributed by atoms with van der Waals surface area (Å²) in [5.41, 5.74) is 1.59. The van der Waals surface area contributed by atoms with Gasteiger partial charge in [0.05, 0.1) is 11.3 Å². The molecule has 0 atom stereocenters. The van der Waals surface area contributed by atoms with E-state index in [1.165, 1.54) is 38.5 Å². The molecule has 2 rings (SSSR count). The van der Waals surface area contributed by atoms with Gasteiger partial charge in [0, 0.05) is 25.0 Å². The number of hydrogen-bond donors (Lipinski definition) is 2. The van der Waals surface area contributed by atoms with Crippen LogP contribution in [-0.2, 0) is 0 Å². The van der Waals surface area contributed by atoms with Gasteiger partial charge in [0.25, 0.3) is 5.91 Å². The zero-order valence-electron chi connectivity index (χ0n) is 13.2. The highest BCUT2D eigenvalue weighted by molar-refractivity contribution is 5.94. The van der Waals surface area contributed by atoms with Crippen LogP contribution in [0.4, 0.5) is 5.69 Å². The Balaban J connectivity index is 1.94. The summed E-state index contributed by atoms with van der Waals surface area (Å²) < 4.78 is 0. The molecule has 1 aromatic rings. The van der Waals surface area contributed by atoms with Crippen molar-refractivity contribution in [2.45, 2.75) is 58.4 Å². The molecule has 1 saturated carbocycles. The molecule has 2 N–H and O–H groups in total. The van der Waals surface area contributed by atoms with Gasteiger partial charge in [-0.1, -0.05) is 39.5 Å². The number of nitrogens with one attached hydrogen (secondary N) is 2. The molecule has 0 aromatic carbocycles. The zero-order chi connectivity index (χ0) is 15.1. The van der Waals surface area contributed by atoms with Crippen molar-refractivity contribution in [1.82, 2.24) is 10.3 Å². The van der Waals surface area contributed by atoms with Gasteiger partial charge in [-0.3, -0.25) is 9.78 Å². The number of aromatic nitrogens is 1. The Morgan fingerprint density at radius 1 is 1.24 bits per heavy atom. The van der Waals surface area contributed by atoms with Gasteiger partial charge >= 0.3 is 0 Å². The lowest BCUT2D eigenvalue weighted by molar-refractivity contribution is 0.0948. The van der Waals surface area contributed by atoms with Crippen molar-refractivity contribution in [3.8, 4) is 0 Å². The number of rotatable bonds is 5. The highest BCUT2D eigenvalue weighted by Crippen LogP contribution is 2.21. The molecule has 21 heavy (non-hydrogen) atoms. The van der Waals surface area contributed by atoms with Crippen LogP contribution >= 0.6 is 0 Å². The first kappa shape index (κ1) is 15.8. The molecule has 0 aliphatic heterocycles. The van der Waals surface area contributed by atoms with Crippen LogP contribution in [0.1, 0.15) is 62.7 Å². The Kier molecular flexibility index (Phi) is 6.03. The lowest BCUT2D eigenvalue weighted by atomic mass is 10.1. The van der Waals surface area contributed by atoms with Crippen LogP contribution in [0.25, 0.3) is 0 Å². The van der Waals surface area contributed by atoms with Crippen molar-refractivity contribution in [3.63, 3.8) is 0 Å². The Morgan fingerprint density at radius 3 is 2.62 bits per heavy atom. The van der Waals surface area contributed by atoms with E-state index in [2.05, 4.69) is 29.5 Å². The fourth-order valence-electron chi connectivity index (χ4n) is 2.70. The molecule has 116 valence electrons. The van der Waals surface area contributed by atoms with Crippen LogP contribution < -0.4 is 10.6 Å². The Morgan fingerprint density at radius 2 is 1.95 bits per heavy atom. The number of pyridine rings is 1. The number of carbonyl (C=O) groups is 1. The van der Waals surface area contributed by atoms with Gasteiger partial charge in [-0.15, -0.1) is 0 Å². The van der Waals surface area contributed by atoms with Crippen LogP contribution in [0.3, 0.4) is 0 Å². The monoisotopic (exact) mass is 289 g/mol. The average Bonchev–Trinajstić information content (AvgIpc) is 2.73. The summed E-state index contributed by atoms with van der Waals surface area (Å²) in [6, 6.07) is 2.43. The highest BCUT2D eigenvalue weighted by Gasteiger charge is 2.13. The first-order valence-corrected chi connectivity index (χ1v) is 8.15. The fraction of sp³-hybridized carbons (Fsp3) is 0.647. The van der Waals surface area contributed by atoms with Crippen LogP contribution in [0.2, 0.25) is 0 Å². The molecular formula is C17H27N3O. The second-order valence-corrected chi connectivity index (χ2v) is 6.40. The Labute approximate surface area is 127 Å². The Bertz CT molecular complexity index is 451. The van der Waals surface area contributed by atoms with Crippen LogP contribution in [0, 0.1) is 5.92 Å². The first-order valence-electron chi connectivity index (χ1n) is 8.15. The summed E-state index contributed by atoms with van der Waals surface area (Å²) >= 11 is 0. The molecule has 1 amide bonds. The van der Waals surface area contributed by atoms with Crippen LogP contribution in [0.5, 0.6) is 0 Å². The molecule has 1 aliphatic rings. The van der Waals surface area contributed by atoms with Gasteiger partial charge in [-0.2, -0.15) is 0 Å². The topological polar surface area (TPSA) is 54.0 Å². The molecule has 0 bridgehead atoms. The number of nitrogens with zero attached hydrogens (tertiary/aromatic N) is 1. The van der Waals surface area contributed by atoms with Crippen molar-refractivity contribution >= 4 is 11.6 Å². The molecule has 1 heterocycles. The second kappa shape index (κ2) is 8.01. The zero-order valence-corrected chi connectivity index (χ0v) is 13.2. The molecule has 1 aromatic heterocycles. The number of anilines is 1. The lowest BCUT2D eigenvalue weighted by Gasteiger charge is -2.17. The third-order valence-corrected chi connectivity index (χ3v) is 3.90. The minimum atomic E-state index is -0.0410. The highest BCUT2D eigenvalue weighted by atomic mass is 16.1. The molecular weight excluding hydrogens is 262 g/mol. The van der Waals surface area contributed by atoms with E-state index in [4.69, 9.17) is 0 Å². The fourth-order valence-corrected chi connectivity index (χ4v) is 2.70. The molecule has 0 unspecified atom stereocenters. The van der Waals surface area contributed by atoms with Crippen molar-refractivity contribution < 1.29 is 4.79 Å². The molecule has 0 radical (unpaired) electrons. The molecule has 1 aliphatic carbocycles. The smallest absolute Gasteiger partial charge is 0.252 e. The third-order valence-electron chi connectivity index (χ3n) is 3.90. The van der Waals surface area contributed by atoms with Gasteiger partial charge in [-0.25, -0.2) is 0 Å². The summed E-state index contributed by atoms with van der Waals surface area (Å²) in [4.78, 5) is 16.3. The van der Waals surface area contributed by atoms with Crippen LogP contribution in [0.15, 0.2) is 18.5 Å². The van der Waals surface area contributed by atoms with E-state index in [0.29, 0.717) is 24.1 Å². The van der Waals surface area contributed by atoms with Crippen LogP contribution in [-0.4, -0.2) is 23.5 Å². The van der Waals surface area contributed by atoms with Gasteiger partial charge in [-0.05, 0) is 24.8 Å². The van der Waals surface area contributed by atoms with E-state index in [0.717, 1.165) is 5.69 Å². The van der Waals surface area contributed by atoms with Gasteiger partial charge in [0.2, 0.25) is 0 Å². The third kappa shape index (κ3) is 5.37. The summed E-state index contributed by atoms with van der Waals surface area (Å²) in [6.45, 7) is 4.87.